The first-order valence-electron chi connectivity index (χ1n) is 8.47. The maximum atomic E-state index is 12.4. The maximum absolute atomic E-state index is 12.4. The lowest BCUT2D eigenvalue weighted by Gasteiger charge is -2.20. The molecule has 1 unspecified atom stereocenters. The molecule has 2 rings (SSSR count). The Bertz CT molecular complexity index is 982. The van der Waals surface area contributed by atoms with Gasteiger partial charge in [-0.2, -0.15) is 0 Å². The fourth-order valence-corrected chi connectivity index (χ4v) is 3.21. The Morgan fingerprint density at radius 1 is 1.21 bits per heavy atom. The van der Waals surface area contributed by atoms with Gasteiger partial charge in [0.15, 0.2) is 0 Å². The fraction of sp³-hybridized carbons (Fsp3) is 0.412. The minimum atomic E-state index is -4.16. The average molecular weight is 489 g/mol. The SMILES string of the molecule is CC(NC(=O)OC(C)(C)C)c1nnc(S(=O)(=O)CC(=O)Nc2ccc(Br)cc2)o1. The molecule has 29 heavy (non-hydrogen) atoms. The van der Waals surface area contributed by atoms with Crippen LogP contribution < -0.4 is 10.6 Å². The Balaban J connectivity index is 2.01. The molecule has 0 aliphatic rings. The van der Waals surface area contributed by atoms with Gasteiger partial charge in [0.05, 0.1) is 0 Å². The summed E-state index contributed by atoms with van der Waals surface area (Å²) in [6.45, 7) is 6.63. The van der Waals surface area contributed by atoms with E-state index in [1.165, 1.54) is 6.92 Å². The maximum Gasteiger partial charge on any atom is 0.408 e. The highest BCUT2D eigenvalue weighted by Crippen LogP contribution is 2.18. The molecule has 158 valence electrons. The van der Waals surface area contributed by atoms with Gasteiger partial charge in [-0.3, -0.25) is 4.79 Å². The number of alkyl carbamates (subject to hydrolysis) is 1. The fourth-order valence-electron chi connectivity index (χ4n) is 2.03. The molecule has 0 radical (unpaired) electrons. The summed E-state index contributed by atoms with van der Waals surface area (Å²) in [7, 11) is -4.16. The third-order valence-corrected chi connectivity index (χ3v) is 5.11. The number of hydrogen-bond acceptors (Lipinski definition) is 8. The number of aromatic nitrogens is 2. The number of sulfone groups is 1. The molecule has 1 aromatic heterocycles. The summed E-state index contributed by atoms with van der Waals surface area (Å²) in [6, 6.07) is 5.84. The molecule has 0 saturated carbocycles. The Labute approximate surface area is 176 Å². The predicted octanol–water partition coefficient (Wildman–Crippen LogP) is 2.83. The first-order valence-corrected chi connectivity index (χ1v) is 10.9. The van der Waals surface area contributed by atoms with Crippen molar-refractivity contribution >= 4 is 43.5 Å². The number of amides is 2. The number of ether oxygens (including phenoxy) is 1. The van der Waals surface area contributed by atoms with Gasteiger partial charge in [0.25, 0.3) is 0 Å². The van der Waals surface area contributed by atoms with Crippen molar-refractivity contribution in [1.29, 1.82) is 0 Å². The highest BCUT2D eigenvalue weighted by atomic mass is 79.9. The van der Waals surface area contributed by atoms with Crippen molar-refractivity contribution in [3.8, 4) is 0 Å². The standard InChI is InChI=1S/C17H21BrN4O6S/c1-10(19-15(24)28-17(2,3)4)14-21-22-16(27-14)29(25,26)9-13(23)20-12-7-5-11(18)6-8-12/h5-8,10H,9H2,1-4H3,(H,19,24)(H,20,23). The van der Waals surface area contributed by atoms with Crippen molar-refractivity contribution in [3.05, 3.63) is 34.6 Å². The van der Waals surface area contributed by atoms with E-state index in [2.05, 4.69) is 36.8 Å². The predicted molar refractivity (Wildman–Crippen MR) is 107 cm³/mol. The van der Waals surface area contributed by atoms with Crippen LogP contribution in [0.4, 0.5) is 10.5 Å². The van der Waals surface area contributed by atoms with Gasteiger partial charge in [-0.1, -0.05) is 21.0 Å². The van der Waals surface area contributed by atoms with Gasteiger partial charge in [-0.25, -0.2) is 13.2 Å². The summed E-state index contributed by atoms with van der Waals surface area (Å²) >= 11 is 3.26. The minimum Gasteiger partial charge on any atom is -0.444 e. The molecule has 1 heterocycles. The van der Waals surface area contributed by atoms with E-state index in [-0.39, 0.29) is 5.89 Å². The van der Waals surface area contributed by atoms with Gasteiger partial charge in [0.2, 0.25) is 21.6 Å². The average Bonchev–Trinajstić information content (AvgIpc) is 3.05. The van der Waals surface area contributed by atoms with Gasteiger partial charge in [0, 0.05) is 10.2 Å². The van der Waals surface area contributed by atoms with Gasteiger partial charge in [-0.15, -0.1) is 5.10 Å². The van der Waals surface area contributed by atoms with E-state index in [4.69, 9.17) is 9.15 Å². The molecule has 0 spiro atoms. The van der Waals surface area contributed by atoms with Crippen molar-refractivity contribution < 1.29 is 27.2 Å². The molecule has 2 amide bonds. The Morgan fingerprint density at radius 2 is 1.83 bits per heavy atom. The van der Waals surface area contributed by atoms with E-state index < -0.39 is 44.5 Å². The number of nitrogens with one attached hydrogen (secondary N) is 2. The van der Waals surface area contributed by atoms with Crippen molar-refractivity contribution in [1.82, 2.24) is 15.5 Å². The molecule has 1 atom stereocenters. The minimum absolute atomic E-state index is 0.136. The van der Waals surface area contributed by atoms with E-state index in [1.54, 1.807) is 45.0 Å². The monoisotopic (exact) mass is 488 g/mol. The molecule has 2 aromatic rings. The molecule has 12 heteroatoms. The second-order valence-corrected chi connectivity index (χ2v) is 9.87. The van der Waals surface area contributed by atoms with E-state index >= 15 is 0 Å². The Hall–Kier alpha value is -2.47. The summed E-state index contributed by atoms with van der Waals surface area (Å²) in [6.07, 6.45) is -0.721. The number of halogens is 1. The van der Waals surface area contributed by atoms with E-state index in [0.717, 1.165) is 4.47 Å². The zero-order chi connectivity index (χ0) is 21.8. The zero-order valence-electron chi connectivity index (χ0n) is 16.2. The summed E-state index contributed by atoms with van der Waals surface area (Å²) in [5.74, 6) is -1.77. The zero-order valence-corrected chi connectivity index (χ0v) is 18.6. The lowest BCUT2D eigenvalue weighted by molar-refractivity contribution is -0.113. The normalized spacial score (nSPS) is 12.9. The molecule has 10 nitrogen and oxygen atoms in total. The van der Waals surface area contributed by atoms with Crippen molar-refractivity contribution in [2.75, 3.05) is 11.1 Å². The van der Waals surface area contributed by atoms with Crippen LogP contribution in [0, 0.1) is 0 Å². The molecular weight excluding hydrogens is 468 g/mol. The number of benzene rings is 1. The molecule has 0 aliphatic heterocycles. The summed E-state index contributed by atoms with van der Waals surface area (Å²) in [5.41, 5.74) is -0.259. The molecule has 0 fully saturated rings. The molecule has 2 N–H and O–H groups in total. The van der Waals surface area contributed by atoms with Crippen molar-refractivity contribution in [2.24, 2.45) is 0 Å². The number of carbonyl (C=O) groups excluding carboxylic acids is 2. The number of anilines is 1. The van der Waals surface area contributed by atoms with Crippen LogP contribution in [-0.2, 0) is 19.4 Å². The second-order valence-electron chi connectivity index (χ2n) is 7.09. The van der Waals surface area contributed by atoms with Crippen molar-refractivity contribution in [2.45, 2.75) is 44.6 Å². The Kier molecular flexibility index (Phi) is 7.01. The smallest absolute Gasteiger partial charge is 0.408 e. The van der Waals surface area contributed by atoms with Gasteiger partial charge in [-0.05, 0) is 52.0 Å². The topological polar surface area (TPSA) is 140 Å². The first kappa shape index (κ1) is 22.8. The third kappa shape index (κ3) is 7.13. The number of hydrogen-bond donors (Lipinski definition) is 2. The van der Waals surface area contributed by atoms with Crippen LogP contribution in [0.1, 0.15) is 39.6 Å². The largest absolute Gasteiger partial charge is 0.444 e. The number of nitrogens with zero attached hydrogens (tertiary/aromatic N) is 2. The van der Waals surface area contributed by atoms with Crippen LogP contribution in [-0.4, -0.2) is 42.0 Å². The summed E-state index contributed by atoms with van der Waals surface area (Å²) in [5, 5.41) is 11.3. The second kappa shape index (κ2) is 8.91. The van der Waals surface area contributed by atoms with Crippen LogP contribution in [0.5, 0.6) is 0 Å². The highest BCUT2D eigenvalue weighted by Gasteiger charge is 2.28. The van der Waals surface area contributed by atoms with Crippen molar-refractivity contribution in [3.63, 3.8) is 0 Å². The van der Waals surface area contributed by atoms with Gasteiger partial charge in [0.1, 0.15) is 17.4 Å². The summed E-state index contributed by atoms with van der Waals surface area (Å²) < 4.78 is 35.8. The number of rotatable bonds is 6. The highest BCUT2D eigenvalue weighted by molar-refractivity contribution is 9.10. The lowest BCUT2D eigenvalue weighted by atomic mass is 10.2. The van der Waals surface area contributed by atoms with Gasteiger partial charge >= 0.3 is 11.3 Å². The molecule has 1 aromatic carbocycles. The Morgan fingerprint density at radius 3 is 2.41 bits per heavy atom. The number of carbonyl (C=O) groups is 2. The van der Waals surface area contributed by atoms with Gasteiger partial charge < -0.3 is 19.8 Å². The lowest BCUT2D eigenvalue weighted by Crippen LogP contribution is -2.34. The van der Waals surface area contributed by atoms with E-state index in [9.17, 15) is 18.0 Å². The van der Waals surface area contributed by atoms with Crippen LogP contribution in [0.25, 0.3) is 0 Å². The third-order valence-electron chi connectivity index (χ3n) is 3.24. The molecule has 0 saturated heterocycles. The molecule has 0 aliphatic carbocycles. The van der Waals surface area contributed by atoms with E-state index in [1.807, 2.05) is 0 Å². The van der Waals surface area contributed by atoms with Crippen LogP contribution in [0.15, 0.2) is 38.4 Å². The van der Waals surface area contributed by atoms with Crippen LogP contribution >= 0.6 is 15.9 Å². The summed E-state index contributed by atoms with van der Waals surface area (Å²) in [4.78, 5) is 23.8. The van der Waals surface area contributed by atoms with E-state index in [0.29, 0.717) is 5.69 Å². The first-order chi connectivity index (χ1) is 13.4. The van der Waals surface area contributed by atoms with Crippen LogP contribution in [0.2, 0.25) is 0 Å². The quantitative estimate of drug-likeness (QED) is 0.631. The van der Waals surface area contributed by atoms with Crippen LogP contribution in [0.3, 0.4) is 0 Å². The molecular formula is C17H21BrN4O6S. The molecule has 0 bridgehead atoms.